The van der Waals surface area contributed by atoms with Gasteiger partial charge in [-0.1, -0.05) is 18.2 Å². The molecule has 0 fully saturated rings. The Morgan fingerprint density at radius 3 is 2.54 bits per heavy atom. The van der Waals surface area contributed by atoms with Crippen molar-refractivity contribution in [1.29, 1.82) is 0 Å². The average molecular weight is 341 g/mol. The number of hydrogen-bond donors (Lipinski definition) is 1. The number of carbonyl (C=O) groups is 1. The quantitative estimate of drug-likeness (QED) is 0.775. The number of aromatic nitrogens is 2. The topological polar surface area (TPSA) is 81.1 Å². The molecule has 0 radical (unpaired) electrons. The second-order valence-electron chi connectivity index (χ2n) is 6.29. The van der Waals surface area contributed by atoms with Crippen LogP contribution in [-0.2, 0) is 10.0 Å². The number of ketones is 1. The molecule has 7 heteroatoms. The Kier molecular flexibility index (Phi) is 2.90. The van der Waals surface area contributed by atoms with Gasteiger partial charge in [0, 0.05) is 17.8 Å². The van der Waals surface area contributed by atoms with Crippen LogP contribution in [0.3, 0.4) is 0 Å². The molecule has 0 spiro atoms. The monoisotopic (exact) mass is 341 g/mol. The highest BCUT2D eigenvalue weighted by Crippen LogP contribution is 2.37. The van der Waals surface area contributed by atoms with Crippen molar-refractivity contribution in [3.63, 3.8) is 0 Å². The Morgan fingerprint density at radius 1 is 1.12 bits per heavy atom. The van der Waals surface area contributed by atoms with Gasteiger partial charge in [-0.05, 0) is 32.0 Å². The molecular weight excluding hydrogens is 326 g/mol. The van der Waals surface area contributed by atoms with Crippen molar-refractivity contribution in [1.82, 2.24) is 8.96 Å². The van der Waals surface area contributed by atoms with Gasteiger partial charge in [0.15, 0.2) is 11.4 Å². The largest absolute Gasteiger partial charge is 0.372 e. The van der Waals surface area contributed by atoms with Gasteiger partial charge in [0.25, 0.3) is 10.0 Å². The third-order valence-corrected chi connectivity index (χ3v) is 5.91. The van der Waals surface area contributed by atoms with E-state index in [9.17, 15) is 13.2 Å². The van der Waals surface area contributed by atoms with Crippen LogP contribution in [0.5, 0.6) is 0 Å². The van der Waals surface area contributed by atoms with E-state index in [2.05, 4.69) is 10.3 Å². The van der Waals surface area contributed by atoms with Crippen molar-refractivity contribution in [3.05, 3.63) is 54.4 Å². The van der Waals surface area contributed by atoms with Crippen molar-refractivity contribution in [2.24, 2.45) is 0 Å². The number of nitrogens with zero attached hydrogens (tertiary/aromatic N) is 2. The number of fused-ring (bicyclic) bond motifs is 3. The molecule has 122 valence electrons. The molecule has 3 aromatic rings. The summed E-state index contributed by atoms with van der Waals surface area (Å²) in [5, 5.41) is 3.79. The second kappa shape index (κ2) is 4.67. The first-order chi connectivity index (χ1) is 11.3. The Hall–Kier alpha value is -2.67. The van der Waals surface area contributed by atoms with E-state index in [-0.39, 0.29) is 10.7 Å². The summed E-state index contributed by atoms with van der Waals surface area (Å²) in [5.41, 5.74) is 0.702. The van der Waals surface area contributed by atoms with E-state index in [1.54, 1.807) is 50.2 Å². The van der Waals surface area contributed by atoms with Gasteiger partial charge < -0.3 is 5.32 Å². The zero-order chi connectivity index (χ0) is 17.1. The predicted octanol–water partition coefficient (Wildman–Crippen LogP) is 2.66. The number of pyridine rings is 1. The van der Waals surface area contributed by atoms with Crippen molar-refractivity contribution in [2.75, 3.05) is 5.32 Å². The van der Waals surface area contributed by atoms with Gasteiger partial charge in [0.05, 0.1) is 21.7 Å². The van der Waals surface area contributed by atoms with Crippen molar-refractivity contribution >= 4 is 32.5 Å². The van der Waals surface area contributed by atoms with E-state index in [1.807, 2.05) is 0 Å². The van der Waals surface area contributed by atoms with Crippen LogP contribution in [0.15, 0.2) is 53.7 Å². The summed E-state index contributed by atoms with van der Waals surface area (Å²) >= 11 is 0. The molecule has 2 aromatic heterocycles. The number of rotatable bonds is 2. The van der Waals surface area contributed by atoms with Crippen LogP contribution in [-0.4, -0.2) is 28.7 Å². The molecular formula is C17H15N3O3S. The summed E-state index contributed by atoms with van der Waals surface area (Å²) in [6.45, 7) is 3.58. The number of nitrogens with one attached hydrogen (secondary N) is 1. The highest BCUT2D eigenvalue weighted by molar-refractivity contribution is 7.90. The zero-order valence-corrected chi connectivity index (χ0v) is 14.0. The molecule has 0 amide bonds. The smallest absolute Gasteiger partial charge is 0.269 e. The first-order valence-electron chi connectivity index (χ1n) is 7.46. The fourth-order valence-corrected chi connectivity index (χ4v) is 4.30. The molecule has 0 bridgehead atoms. The van der Waals surface area contributed by atoms with E-state index in [0.29, 0.717) is 22.3 Å². The fourth-order valence-electron chi connectivity index (χ4n) is 2.98. The molecule has 0 atom stereocenters. The average Bonchev–Trinajstić information content (AvgIpc) is 3.09. The maximum atomic E-state index is 12.8. The Balaban J connectivity index is 1.95. The third-order valence-electron chi connectivity index (χ3n) is 4.23. The summed E-state index contributed by atoms with van der Waals surface area (Å²) in [7, 11) is -3.74. The summed E-state index contributed by atoms with van der Waals surface area (Å²) < 4.78 is 26.8. The molecule has 1 N–H and O–H groups in total. The Labute approximate surface area is 139 Å². The van der Waals surface area contributed by atoms with Crippen LogP contribution >= 0.6 is 0 Å². The summed E-state index contributed by atoms with van der Waals surface area (Å²) in [5.74, 6) is -0.0504. The first kappa shape index (κ1) is 14.9. The van der Waals surface area contributed by atoms with Crippen LogP contribution in [0.2, 0.25) is 0 Å². The summed E-state index contributed by atoms with van der Waals surface area (Å²) in [6, 6.07) is 9.86. The van der Waals surface area contributed by atoms with E-state index in [0.717, 1.165) is 3.97 Å². The third kappa shape index (κ3) is 1.91. The zero-order valence-electron chi connectivity index (χ0n) is 13.1. The Morgan fingerprint density at radius 2 is 1.83 bits per heavy atom. The molecule has 0 saturated heterocycles. The number of anilines is 1. The first-order valence-corrected chi connectivity index (χ1v) is 8.90. The van der Waals surface area contributed by atoms with Crippen LogP contribution in [0.1, 0.15) is 24.2 Å². The molecule has 1 aromatic carbocycles. The molecule has 6 nitrogen and oxygen atoms in total. The van der Waals surface area contributed by atoms with Crippen LogP contribution < -0.4 is 5.32 Å². The fraction of sp³-hybridized carbons (Fsp3) is 0.176. The lowest BCUT2D eigenvalue weighted by atomic mass is 9.99. The highest BCUT2D eigenvalue weighted by atomic mass is 32.2. The number of Topliss-reactive ketones (excluding diaryl/α,β-unsaturated/α-hetero) is 1. The summed E-state index contributed by atoms with van der Waals surface area (Å²) in [4.78, 5) is 16.8. The van der Waals surface area contributed by atoms with Gasteiger partial charge in [0.2, 0.25) is 0 Å². The minimum atomic E-state index is -3.74. The Bertz CT molecular complexity index is 1080. The second-order valence-corrected chi connectivity index (χ2v) is 8.11. The van der Waals surface area contributed by atoms with E-state index in [1.165, 1.54) is 12.4 Å². The standard InChI is InChI=1S/C17H15N3O3S/c1-17(2)15(21)13-10-18-16-12(14(13)19-17)8-9-20(16)24(22,23)11-6-4-3-5-7-11/h3-10,19H,1-2H3. The number of hydrogen-bond acceptors (Lipinski definition) is 5. The van der Waals surface area contributed by atoms with Crippen LogP contribution in [0.25, 0.3) is 11.0 Å². The molecule has 24 heavy (non-hydrogen) atoms. The van der Waals surface area contributed by atoms with Crippen molar-refractivity contribution in [2.45, 2.75) is 24.3 Å². The number of carbonyl (C=O) groups excluding carboxylic acids is 1. The predicted molar refractivity (Wildman–Crippen MR) is 90.8 cm³/mol. The maximum Gasteiger partial charge on any atom is 0.269 e. The van der Waals surface area contributed by atoms with Gasteiger partial charge in [-0.3, -0.25) is 4.79 Å². The van der Waals surface area contributed by atoms with E-state index < -0.39 is 15.6 Å². The molecule has 0 saturated carbocycles. The van der Waals surface area contributed by atoms with Crippen molar-refractivity contribution < 1.29 is 13.2 Å². The van der Waals surface area contributed by atoms with Gasteiger partial charge in [-0.25, -0.2) is 17.4 Å². The van der Waals surface area contributed by atoms with Gasteiger partial charge in [-0.2, -0.15) is 0 Å². The maximum absolute atomic E-state index is 12.8. The lowest BCUT2D eigenvalue weighted by Gasteiger charge is -2.16. The SMILES string of the molecule is CC1(C)Nc2c(cnc3c2ccn3S(=O)(=O)c2ccccc2)C1=O. The number of benzene rings is 1. The summed E-state index contributed by atoms with van der Waals surface area (Å²) in [6.07, 6.45) is 2.91. The van der Waals surface area contributed by atoms with Crippen molar-refractivity contribution in [3.8, 4) is 0 Å². The molecule has 0 aliphatic carbocycles. The van der Waals surface area contributed by atoms with E-state index in [4.69, 9.17) is 0 Å². The lowest BCUT2D eigenvalue weighted by molar-refractivity contribution is 0.0939. The highest BCUT2D eigenvalue weighted by Gasteiger charge is 2.39. The normalized spacial score (nSPS) is 16.2. The minimum Gasteiger partial charge on any atom is -0.372 e. The molecule has 0 unspecified atom stereocenters. The lowest BCUT2D eigenvalue weighted by Crippen LogP contribution is -2.33. The molecule has 1 aliphatic heterocycles. The van der Waals surface area contributed by atoms with E-state index >= 15 is 0 Å². The minimum absolute atomic E-state index is 0.0504. The molecule has 4 rings (SSSR count). The van der Waals surface area contributed by atoms with Gasteiger partial charge in [0.1, 0.15) is 0 Å². The molecule has 3 heterocycles. The molecule has 1 aliphatic rings. The van der Waals surface area contributed by atoms with Gasteiger partial charge in [-0.15, -0.1) is 0 Å². The van der Waals surface area contributed by atoms with Gasteiger partial charge >= 0.3 is 0 Å². The van der Waals surface area contributed by atoms with Crippen LogP contribution in [0, 0.1) is 0 Å². The van der Waals surface area contributed by atoms with Crippen LogP contribution in [0.4, 0.5) is 5.69 Å².